The number of para-hydroxylation sites is 1. The number of nitrogens with one attached hydrogen (secondary N) is 1. The van der Waals surface area contributed by atoms with Crippen molar-refractivity contribution in [3.05, 3.63) is 59.7 Å². The summed E-state index contributed by atoms with van der Waals surface area (Å²) in [5.74, 6) is 0.340. The van der Waals surface area contributed by atoms with Gasteiger partial charge in [0, 0.05) is 6.04 Å². The zero-order chi connectivity index (χ0) is 20.1. The molecule has 4 nitrogen and oxygen atoms in total. The Hall–Kier alpha value is -2.54. The second-order valence-electron chi connectivity index (χ2n) is 6.72. The van der Waals surface area contributed by atoms with Crippen LogP contribution in [0.2, 0.25) is 0 Å². The summed E-state index contributed by atoms with van der Waals surface area (Å²) >= 11 is 0. The SMILES string of the molecule is CCOc1ccc(C2CCCN2CC(=O)Nc2ccccc2C(F)(F)F)cc1. The van der Waals surface area contributed by atoms with Crippen molar-refractivity contribution in [3.8, 4) is 5.75 Å². The molecule has 1 N–H and O–H groups in total. The zero-order valence-electron chi connectivity index (χ0n) is 15.6. The van der Waals surface area contributed by atoms with E-state index in [9.17, 15) is 18.0 Å². The molecule has 1 saturated heterocycles. The van der Waals surface area contributed by atoms with Gasteiger partial charge in [-0.25, -0.2) is 0 Å². The third kappa shape index (κ3) is 4.84. The summed E-state index contributed by atoms with van der Waals surface area (Å²) in [6, 6.07) is 12.8. The highest BCUT2D eigenvalue weighted by Crippen LogP contribution is 2.35. The summed E-state index contributed by atoms with van der Waals surface area (Å²) in [5, 5.41) is 2.42. The van der Waals surface area contributed by atoms with Gasteiger partial charge in [-0.05, 0) is 56.1 Å². The number of carbonyl (C=O) groups excluding carboxylic acids is 1. The van der Waals surface area contributed by atoms with Crippen molar-refractivity contribution in [1.29, 1.82) is 0 Å². The van der Waals surface area contributed by atoms with Gasteiger partial charge in [0.05, 0.1) is 24.4 Å². The number of benzene rings is 2. The first-order chi connectivity index (χ1) is 13.4. The minimum Gasteiger partial charge on any atom is -0.494 e. The van der Waals surface area contributed by atoms with Crippen molar-refractivity contribution < 1.29 is 22.7 Å². The van der Waals surface area contributed by atoms with E-state index in [2.05, 4.69) is 5.32 Å². The van der Waals surface area contributed by atoms with E-state index in [1.165, 1.54) is 18.2 Å². The summed E-state index contributed by atoms with van der Waals surface area (Å²) in [5.41, 5.74) is 0.0223. The molecular formula is C21H23F3N2O2. The molecule has 1 unspecified atom stereocenters. The van der Waals surface area contributed by atoms with Crippen molar-refractivity contribution in [2.75, 3.05) is 25.0 Å². The number of ether oxygens (including phenoxy) is 1. The number of alkyl halides is 3. The lowest BCUT2D eigenvalue weighted by Crippen LogP contribution is -2.33. The smallest absolute Gasteiger partial charge is 0.418 e. The zero-order valence-corrected chi connectivity index (χ0v) is 15.6. The van der Waals surface area contributed by atoms with Gasteiger partial charge in [0.15, 0.2) is 0 Å². The highest BCUT2D eigenvalue weighted by atomic mass is 19.4. The third-order valence-corrected chi connectivity index (χ3v) is 4.79. The molecule has 3 rings (SSSR count). The van der Waals surface area contributed by atoms with Gasteiger partial charge in [-0.15, -0.1) is 0 Å². The molecule has 1 amide bonds. The Balaban J connectivity index is 1.67. The predicted octanol–water partition coefficient (Wildman–Crippen LogP) is 4.88. The number of rotatable bonds is 6. The maximum atomic E-state index is 13.1. The fraction of sp³-hybridized carbons (Fsp3) is 0.381. The summed E-state index contributed by atoms with van der Waals surface area (Å²) in [7, 11) is 0. The van der Waals surface area contributed by atoms with Crippen LogP contribution in [0.5, 0.6) is 5.75 Å². The monoisotopic (exact) mass is 392 g/mol. The Morgan fingerprint density at radius 1 is 1.18 bits per heavy atom. The molecule has 1 aliphatic heterocycles. The van der Waals surface area contributed by atoms with Crippen LogP contribution in [0.3, 0.4) is 0 Å². The Morgan fingerprint density at radius 3 is 2.57 bits per heavy atom. The van der Waals surface area contributed by atoms with E-state index in [0.29, 0.717) is 6.61 Å². The maximum absolute atomic E-state index is 13.1. The number of hydrogen-bond acceptors (Lipinski definition) is 3. The molecule has 0 aliphatic carbocycles. The number of nitrogens with zero attached hydrogens (tertiary/aromatic N) is 1. The van der Waals surface area contributed by atoms with E-state index in [0.717, 1.165) is 36.8 Å². The van der Waals surface area contributed by atoms with Crippen LogP contribution in [0.4, 0.5) is 18.9 Å². The number of hydrogen-bond donors (Lipinski definition) is 1. The first kappa shape index (κ1) is 20.2. The van der Waals surface area contributed by atoms with Crippen LogP contribution in [0.25, 0.3) is 0 Å². The van der Waals surface area contributed by atoms with Gasteiger partial charge in [0.2, 0.25) is 5.91 Å². The van der Waals surface area contributed by atoms with Crippen LogP contribution in [-0.4, -0.2) is 30.5 Å². The highest BCUT2D eigenvalue weighted by Gasteiger charge is 2.34. The first-order valence-corrected chi connectivity index (χ1v) is 9.31. The molecule has 1 atom stereocenters. The van der Waals surface area contributed by atoms with Crippen molar-refractivity contribution >= 4 is 11.6 Å². The van der Waals surface area contributed by atoms with Crippen molar-refractivity contribution in [1.82, 2.24) is 4.90 Å². The predicted molar refractivity (Wildman–Crippen MR) is 101 cm³/mol. The second-order valence-corrected chi connectivity index (χ2v) is 6.72. The quantitative estimate of drug-likeness (QED) is 0.762. The van der Waals surface area contributed by atoms with Crippen LogP contribution in [-0.2, 0) is 11.0 Å². The Bertz CT molecular complexity index is 806. The Morgan fingerprint density at radius 2 is 1.89 bits per heavy atom. The third-order valence-electron chi connectivity index (χ3n) is 4.79. The standard InChI is InChI=1S/C21H23F3N2O2/c1-2-28-16-11-9-15(10-12-16)19-8-5-13-26(19)14-20(27)25-18-7-4-3-6-17(18)21(22,23)24/h3-4,6-7,9-12,19H,2,5,8,13-14H2,1H3,(H,25,27). The molecule has 0 radical (unpaired) electrons. The lowest BCUT2D eigenvalue weighted by atomic mass is 10.0. The molecule has 1 fully saturated rings. The summed E-state index contributed by atoms with van der Waals surface area (Å²) in [6.07, 6.45) is -2.67. The minimum absolute atomic E-state index is 0.0457. The van der Waals surface area contributed by atoms with E-state index in [-0.39, 0.29) is 18.3 Å². The molecule has 1 aliphatic rings. The van der Waals surface area contributed by atoms with Crippen molar-refractivity contribution in [2.24, 2.45) is 0 Å². The molecule has 0 saturated carbocycles. The average Bonchev–Trinajstić information content (AvgIpc) is 3.10. The van der Waals surface area contributed by atoms with Crippen LogP contribution in [0, 0.1) is 0 Å². The fourth-order valence-corrected chi connectivity index (χ4v) is 3.56. The van der Waals surface area contributed by atoms with Crippen LogP contribution >= 0.6 is 0 Å². The van der Waals surface area contributed by atoms with Crippen LogP contribution < -0.4 is 10.1 Å². The molecule has 7 heteroatoms. The van der Waals surface area contributed by atoms with Gasteiger partial charge in [-0.1, -0.05) is 24.3 Å². The van der Waals surface area contributed by atoms with Gasteiger partial charge >= 0.3 is 6.18 Å². The van der Waals surface area contributed by atoms with E-state index in [1.807, 2.05) is 36.1 Å². The molecule has 28 heavy (non-hydrogen) atoms. The topological polar surface area (TPSA) is 41.6 Å². The van der Waals surface area contributed by atoms with Crippen LogP contribution in [0.1, 0.15) is 36.9 Å². The lowest BCUT2D eigenvalue weighted by Gasteiger charge is -2.24. The van der Waals surface area contributed by atoms with Gasteiger partial charge in [-0.3, -0.25) is 9.69 Å². The Kier molecular flexibility index (Phi) is 6.24. The highest BCUT2D eigenvalue weighted by molar-refractivity contribution is 5.93. The van der Waals surface area contributed by atoms with E-state index >= 15 is 0 Å². The van der Waals surface area contributed by atoms with Crippen LogP contribution in [0.15, 0.2) is 48.5 Å². The van der Waals surface area contributed by atoms with Gasteiger partial charge in [0.1, 0.15) is 5.75 Å². The fourth-order valence-electron chi connectivity index (χ4n) is 3.56. The van der Waals surface area contributed by atoms with E-state index in [1.54, 1.807) is 0 Å². The summed E-state index contributed by atoms with van der Waals surface area (Å²) in [6.45, 7) is 3.28. The van der Waals surface area contributed by atoms with Crippen molar-refractivity contribution in [2.45, 2.75) is 32.0 Å². The molecule has 2 aromatic rings. The number of anilines is 1. The van der Waals surface area contributed by atoms with Gasteiger partial charge < -0.3 is 10.1 Å². The minimum atomic E-state index is -4.51. The molecule has 2 aromatic carbocycles. The molecule has 150 valence electrons. The lowest BCUT2D eigenvalue weighted by molar-refractivity contribution is -0.137. The number of halogens is 3. The van der Waals surface area contributed by atoms with E-state index in [4.69, 9.17) is 4.74 Å². The number of amides is 1. The number of carbonyl (C=O) groups is 1. The van der Waals surface area contributed by atoms with E-state index < -0.39 is 17.6 Å². The molecule has 0 aromatic heterocycles. The van der Waals surface area contributed by atoms with Crippen molar-refractivity contribution in [3.63, 3.8) is 0 Å². The normalized spacial score (nSPS) is 17.5. The Labute approximate surface area is 162 Å². The summed E-state index contributed by atoms with van der Waals surface area (Å²) in [4.78, 5) is 14.4. The molecule has 0 spiro atoms. The number of likely N-dealkylation sites (tertiary alicyclic amines) is 1. The van der Waals surface area contributed by atoms with Gasteiger partial charge in [-0.2, -0.15) is 13.2 Å². The first-order valence-electron chi connectivity index (χ1n) is 9.31. The second kappa shape index (κ2) is 8.65. The average molecular weight is 392 g/mol. The largest absolute Gasteiger partial charge is 0.494 e. The summed E-state index contributed by atoms with van der Waals surface area (Å²) < 4.78 is 44.8. The van der Waals surface area contributed by atoms with Gasteiger partial charge in [0.25, 0.3) is 0 Å². The molecular weight excluding hydrogens is 369 g/mol. The molecule has 1 heterocycles. The molecule has 0 bridgehead atoms. The maximum Gasteiger partial charge on any atom is 0.418 e.